The van der Waals surface area contributed by atoms with E-state index in [1.54, 1.807) is 0 Å². The fourth-order valence-corrected chi connectivity index (χ4v) is 5.09. The maximum Gasteiger partial charge on any atom is 0.337 e. The molecule has 0 bridgehead atoms. The molecule has 1 saturated heterocycles. The second kappa shape index (κ2) is 8.45. The van der Waals surface area contributed by atoms with Gasteiger partial charge in [-0.3, -0.25) is 0 Å². The number of esters is 1. The van der Waals surface area contributed by atoms with Crippen LogP contribution in [0.4, 0.5) is 0 Å². The normalized spacial score (nSPS) is 16.4. The van der Waals surface area contributed by atoms with E-state index in [-0.39, 0.29) is 4.90 Å². The number of carbonyl (C=O) groups excluding carboxylic acids is 1. The minimum Gasteiger partial charge on any atom is -0.465 e. The summed E-state index contributed by atoms with van der Waals surface area (Å²) in [5.41, 5.74) is 0.335. The fraction of sp³-hybridized carbons (Fsp3) is 0.500. The molecule has 2 heterocycles. The van der Waals surface area contributed by atoms with Gasteiger partial charge in [0.05, 0.1) is 17.6 Å². The third-order valence-corrected chi connectivity index (χ3v) is 7.12. The molecule has 0 N–H and O–H groups in total. The molecule has 1 aliphatic rings. The van der Waals surface area contributed by atoms with Crippen molar-refractivity contribution in [2.45, 2.75) is 44.0 Å². The molecule has 1 aliphatic heterocycles. The molecule has 7 nitrogen and oxygen atoms in total. The lowest BCUT2D eigenvalue weighted by Gasteiger charge is -2.31. The van der Waals surface area contributed by atoms with Crippen molar-refractivity contribution in [3.63, 3.8) is 0 Å². The summed E-state index contributed by atoms with van der Waals surface area (Å²) in [5.74, 6) is 1.38. The van der Waals surface area contributed by atoms with Crippen molar-refractivity contribution in [3.05, 3.63) is 48.0 Å². The first-order chi connectivity index (χ1) is 13.3. The quantitative estimate of drug-likeness (QED) is 0.690. The first-order valence-corrected chi connectivity index (χ1v) is 11.0. The molecular weight excluding hydrogens is 378 g/mol. The lowest BCUT2D eigenvalue weighted by Crippen LogP contribution is -2.39. The predicted molar refractivity (Wildman–Crippen MR) is 106 cm³/mol. The number of methoxy groups -OCH3 is 1. The van der Waals surface area contributed by atoms with Crippen LogP contribution in [0.5, 0.6) is 0 Å². The number of imidazole rings is 1. The zero-order valence-electron chi connectivity index (χ0n) is 16.5. The average Bonchev–Trinajstić information content (AvgIpc) is 3.16. The number of sulfonamides is 1. The molecule has 0 unspecified atom stereocenters. The van der Waals surface area contributed by atoms with Gasteiger partial charge in [-0.1, -0.05) is 13.8 Å². The fourth-order valence-electron chi connectivity index (χ4n) is 3.62. The first kappa shape index (κ1) is 20.5. The van der Waals surface area contributed by atoms with Crippen LogP contribution in [0.1, 0.15) is 48.8 Å². The Morgan fingerprint density at radius 2 is 1.86 bits per heavy atom. The van der Waals surface area contributed by atoms with E-state index in [2.05, 4.69) is 28.1 Å². The Hall–Kier alpha value is -2.19. The molecule has 0 spiro atoms. The summed E-state index contributed by atoms with van der Waals surface area (Å²) in [7, 11) is -2.26. The van der Waals surface area contributed by atoms with E-state index in [1.807, 2.05) is 12.4 Å². The van der Waals surface area contributed by atoms with E-state index in [9.17, 15) is 13.2 Å². The van der Waals surface area contributed by atoms with Gasteiger partial charge in [-0.15, -0.1) is 0 Å². The lowest BCUT2D eigenvalue weighted by molar-refractivity contribution is 0.0600. The van der Waals surface area contributed by atoms with Crippen LogP contribution in [0.2, 0.25) is 0 Å². The van der Waals surface area contributed by atoms with Gasteiger partial charge in [-0.05, 0) is 43.0 Å². The van der Waals surface area contributed by atoms with Crippen LogP contribution >= 0.6 is 0 Å². The number of hydrogen-bond acceptors (Lipinski definition) is 5. The van der Waals surface area contributed by atoms with Crippen molar-refractivity contribution < 1.29 is 17.9 Å². The van der Waals surface area contributed by atoms with Crippen LogP contribution < -0.4 is 0 Å². The number of aromatic nitrogens is 2. The molecule has 8 heteroatoms. The number of benzene rings is 1. The molecule has 1 fully saturated rings. The van der Waals surface area contributed by atoms with Gasteiger partial charge in [-0.2, -0.15) is 4.31 Å². The van der Waals surface area contributed by atoms with Gasteiger partial charge in [0.25, 0.3) is 0 Å². The van der Waals surface area contributed by atoms with Gasteiger partial charge < -0.3 is 9.30 Å². The summed E-state index contributed by atoms with van der Waals surface area (Å²) >= 11 is 0. The van der Waals surface area contributed by atoms with E-state index >= 15 is 0 Å². The number of rotatable bonds is 6. The van der Waals surface area contributed by atoms with Crippen LogP contribution in [0.25, 0.3) is 0 Å². The Labute approximate surface area is 166 Å². The summed E-state index contributed by atoms with van der Waals surface area (Å²) < 4.78 is 34.2. The Morgan fingerprint density at radius 1 is 1.21 bits per heavy atom. The topological polar surface area (TPSA) is 81.5 Å². The molecule has 152 valence electrons. The Balaban J connectivity index is 1.63. The lowest BCUT2D eigenvalue weighted by atomic mass is 9.98. The van der Waals surface area contributed by atoms with Gasteiger partial charge in [0.15, 0.2) is 0 Å². The van der Waals surface area contributed by atoms with E-state index in [0.717, 1.165) is 25.2 Å². The summed E-state index contributed by atoms with van der Waals surface area (Å²) in [6, 6.07) is 5.90. The molecule has 0 radical (unpaired) electrons. The van der Waals surface area contributed by atoms with Crippen molar-refractivity contribution in [1.29, 1.82) is 0 Å². The number of carbonyl (C=O) groups is 1. The molecule has 1 aromatic carbocycles. The summed E-state index contributed by atoms with van der Waals surface area (Å²) in [6.07, 6.45) is 5.46. The highest BCUT2D eigenvalue weighted by molar-refractivity contribution is 7.89. The van der Waals surface area contributed by atoms with Crippen LogP contribution in [0.15, 0.2) is 41.6 Å². The highest BCUT2D eigenvalue weighted by atomic mass is 32.2. The van der Waals surface area contributed by atoms with E-state index in [4.69, 9.17) is 0 Å². The zero-order chi connectivity index (χ0) is 20.3. The standard InChI is InChI=1S/C20H27N3O4S/c1-15(2)19-21-10-13-22(19)14-16-8-11-23(12-9-16)28(25,26)18-6-4-17(5-7-18)20(24)27-3/h4-7,10,13,15-16H,8-9,11-12,14H2,1-3H3. The summed E-state index contributed by atoms with van der Waals surface area (Å²) in [4.78, 5) is 16.1. The molecule has 0 amide bonds. The average molecular weight is 406 g/mol. The number of ether oxygens (including phenoxy) is 1. The van der Waals surface area contributed by atoms with E-state index < -0.39 is 16.0 Å². The molecular formula is C20H27N3O4S. The summed E-state index contributed by atoms with van der Waals surface area (Å²) in [6.45, 7) is 6.11. The highest BCUT2D eigenvalue weighted by Crippen LogP contribution is 2.26. The van der Waals surface area contributed by atoms with Crippen LogP contribution in [0.3, 0.4) is 0 Å². The number of hydrogen-bond donors (Lipinski definition) is 0. The molecule has 0 saturated carbocycles. The van der Waals surface area contributed by atoms with Gasteiger partial charge in [0.2, 0.25) is 10.0 Å². The Morgan fingerprint density at radius 3 is 2.43 bits per heavy atom. The minimum absolute atomic E-state index is 0.204. The summed E-state index contributed by atoms with van der Waals surface area (Å²) in [5, 5.41) is 0. The molecule has 0 atom stereocenters. The molecule has 1 aromatic heterocycles. The molecule has 0 aliphatic carbocycles. The maximum atomic E-state index is 12.9. The van der Waals surface area contributed by atoms with E-state index in [0.29, 0.717) is 30.5 Å². The molecule has 3 rings (SSSR count). The largest absolute Gasteiger partial charge is 0.465 e. The van der Waals surface area contributed by atoms with Gasteiger partial charge >= 0.3 is 5.97 Å². The Kier molecular flexibility index (Phi) is 6.20. The molecule has 2 aromatic rings. The van der Waals surface area contributed by atoms with Crippen molar-refractivity contribution >= 4 is 16.0 Å². The second-order valence-corrected chi connectivity index (χ2v) is 9.39. The van der Waals surface area contributed by atoms with Gasteiger partial charge in [-0.25, -0.2) is 18.2 Å². The van der Waals surface area contributed by atoms with Crippen molar-refractivity contribution in [3.8, 4) is 0 Å². The third-order valence-electron chi connectivity index (χ3n) is 5.21. The second-order valence-electron chi connectivity index (χ2n) is 7.46. The van der Waals surface area contributed by atoms with Gasteiger partial charge in [0, 0.05) is 37.9 Å². The predicted octanol–water partition coefficient (Wildman–Crippen LogP) is 2.89. The van der Waals surface area contributed by atoms with Crippen molar-refractivity contribution in [2.24, 2.45) is 5.92 Å². The van der Waals surface area contributed by atoms with Crippen LogP contribution in [0, 0.1) is 5.92 Å². The zero-order valence-corrected chi connectivity index (χ0v) is 17.4. The number of piperidine rings is 1. The van der Waals surface area contributed by atoms with Gasteiger partial charge in [0.1, 0.15) is 5.82 Å². The minimum atomic E-state index is -3.56. The van der Waals surface area contributed by atoms with E-state index in [1.165, 1.54) is 35.7 Å². The van der Waals surface area contributed by atoms with Crippen molar-refractivity contribution in [1.82, 2.24) is 13.9 Å². The first-order valence-electron chi connectivity index (χ1n) is 9.52. The Bertz CT molecular complexity index is 911. The molecule has 28 heavy (non-hydrogen) atoms. The van der Waals surface area contributed by atoms with Crippen LogP contribution in [-0.4, -0.2) is 48.4 Å². The third kappa shape index (κ3) is 4.28. The maximum absolute atomic E-state index is 12.9. The van der Waals surface area contributed by atoms with Crippen LogP contribution in [-0.2, 0) is 21.3 Å². The SMILES string of the molecule is COC(=O)c1ccc(S(=O)(=O)N2CCC(Cn3ccnc3C(C)C)CC2)cc1. The smallest absolute Gasteiger partial charge is 0.337 e. The monoisotopic (exact) mass is 405 g/mol. The van der Waals surface area contributed by atoms with Crippen molar-refractivity contribution in [2.75, 3.05) is 20.2 Å². The highest BCUT2D eigenvalue weighted by Gasteiger charge is 2.30. The number of nitrogens with zero attached hydrogens (tertiary/aromatic N) is 3.